The van der Waals surface area contributed by atoms with E-state index in [4.69, 9.17) is 16.1 Å². The summed E-state index contributed by atoms with van der Waals surface area (Å²) in [4.78, 5) is 10.8. The summed E-state index contributed by atoms with van der Waals surface area (Å²) in [5, 5.41) is 4.14. The van der Waals surface area contributed by atoms with Crippen molar-refractivity contribution < 1.29 is 12.9 Å². The van der Waals surface area contributed by atoms with Crippen LogP contribution in [0.2, 0.25) is 5.15 Å². The lowest BCUT2D eigenvalue weighted by atomic mass is 10.2. The van der Waals surface area contributed by atoms with Crippen LogP contribution in [0.1, 0.15) is 24.0 Å². The summed E-state index contributed by atoms with van der Waals surface area (Å²) in [6.45, 7) is 5.69. The highest BCUT2D eigenvalue weighted by Gasteiger charge is 2.29. The number of anilines is 1. The summed E-state index contributed by atoms with van der Waals surface area (Å²) in [6.07, 6.45) is 2.09. The predicted octanol–water partition coefficient (Wildman–Crippen LogP) is 1.64. The van der Waals surface area contributed by atoms with E-state index in [0.29, 0.717) is 42.9 Å². The molecule has 0 aliphatic carbocycles. The van der Waals surface area contributed by atoms with Crippen molar-refractivity contribution in [3.8, 4) is 0 Å². The lowest BCUT2D eigenvalue weighted by Gasteiger charge is -2.35. The molecular weight excluding hydrogens is 366 g/mol. The Morgan fingerprint density at radius 2 is 1.96 bits per heavy atom. The van der Waals surface area contributed by atoms with E-state index in [2.05, 4.69) is 20.0 Å². The molecule has 1 aliphatic heterocycles. The zero-order valence-electron chi connectivity index (χ0n) is 14.1. The SMILES string of the molecule is CCc1c(Cl)nc(C)nc1N1CCN(S(=O)(=O)Cc2ccon2)CC1. The summed E-state index contributed by atoms with van der Waals surface area (Å²) in [5.41, 5.74) is 1.31. The third-order valence-electron chi connectivity index (χ3n) is 4.15. The molecule has 1 saturated heterocycles. The Kier molecular flexibility index (Phi) is 5.26. The molecule has 0 saturated carbocycles. The van der Waals surface area contributed by atoms with E-state index in [9.17, 15) is 8.42 Å². The normalized spacial score (nSPS) is 16.4. The van der Waals surface area contributed by atoms with Gasteiger partial charge in [-0.05, 0) is 13.3 Å². The second-order valence-corrected chi connectivity index (χ2v) is 8.18. The largest absolute Gasteiger partial charge is 0.364 e. The molecule has 0 unspecified atom stereocenters. The summed E-state index contributed by atoms with van der Waals surface area (Å²) in [7, 11) is -3.42. The molecule has 0 atom stereocenters. The summed E-state index contributed by atoms with van der Waals surface area (Å²) >= 11 is 6.23. The van der Waals surface area contributed by atoms with E-state index in [-0.39, 0.29) is 5.75 Å². The molecule has 0 amide bonds. The van der Waals surface area contributed by atoms with Gasteiger partial charge in [0.1, 0.15) is 28.8 Å². The predicted molar refractivity (Wildman–Crippen MR) is 94.1 cm³/mol. The Bertz CT molecular complexity index is 833. The molecule has 1 fully saturated rings. The van der Waals surface area contributed by atoms with Crippen molar-refractivity contribution in [3.63, 3.8) is 0 Å². The van der Waals surface area contributed by atoms with Gasteiger partial charge in [-0.25, -0.2) is 18.4 Å². The van der Waals surface area contributed by atoms with Gasteiger partial charge in [0, 0.05) is 37.8 Å². The fourth-order valence-electron chi connectivity index (χ4n) is 2.88. The molecule has 0 bridgehead atoms. The van der Waals surface area contributed by atoms with Crippen molar-refractivity contribution >= 4 is 27.4 Å². The number of halogens is 1. The first kappa shape index (κ1) is 18.1. The number of aromatic nitrogens is 3. The highest BCUT2D eigenvalue weighted by molar-refractivity contribution is 7.88. The third kappa shape index (κ3) is 3.94. The van der Waals surface area contributed by atoms with Crippen LogP contribution in [0.5, 0.6) is 0 Å². The molecular formula is C15H20ClN5O3S. The van der Waals surface area contributed by atoms with Crippen LogP contribution < -0.4 is 4.90 Å². The molecule has 1 aliphatic rings. The Morgan fingerprint density at radius 1 is 1.24 bits per heavy atom. The van der Waals surface area contributed by atoms with Gasteiger partial charge in [-0.15, -0.1) is 0 Å². The standard InChI is InChI=1S/C15H20ClN5O3S/c1-3-13-14(16)17-11(2)18-15(13)20-5-7-21(8-6-20)25(22,23)10-12-4-9-24-19-12/h4,9H,3,5-8,10H2,1-2H3. The van der Waals surface area contributed by atoms with Crippen molar-refractivity contribution in [2.75, 3.05) is 31.1 Å². The zero-order valence-corrected chi connectivity index (χ0v) is 15.7. The first-order valence-corrected chi connectivity index (χ1v) is 10.0. The van der Waals surface area contributed by atoms with E-state index in [1.165, 1.54) is 10.6 Å². The number of sulfonamides is 1. The van der Waals surface area contributed by atoms with Crippen molar-refractivity contribution in [1.82, 2.24) is 19.4 Å². The van der Waals surface area contributed by atoms with Crippen molar-refractivity contribution in [1.29, 1.82) is 0 Å². The van der Waals surface area contributed by atoms with Gasteiger partial charge in [0.25, 0.3) is 0 Å². The van der Waals surface area contributed by atoms with E-state index in [1.54, 1.807) is 13.0 Å². The Morgan fingerprint density at radius 3 is 2.56 bits per heavy atom. The Balaban J connectivity index is 1.72. The molecule has 3 rings (SSSR count). The third-order valence-corrected chi connectivity index (χ3v) is 6.28. The summed E-state index contributed by atoms with van der Waals surface area (Å²) in [5.74, 6) is 1.26. The second kappa shape index (κ2) is 7.27. The molecule has 0 spiro atoms. The van der Waals surface area contributed by atoms with Crippen LogP contribution in [0.3, 0.4) is 0 Å². The maximum absolute atomic E-state index is 12.5. The maximum Gasteiger partial charge on any atom is 0.220 e. The number of nitrogens with zero attached hydrogens (tertiary/aromatic N) is 5. The van der Waals surface area contributed by atoms with Crippen LogP contribution in [-0.4, -0.2) is 54.0 Å². The van der Waals surface area contributed by atoms with Crippen LogP contribution in [0.15, 0.2) is 16.9 Å². The average molecular weight is 386 g/mol. The van der Waals surface area contributed by atoms with Crippen molar-refractivity contribution in [3.05, 3.63) is 34.6 Å². The minimum atomic E-state index is -3.42. The van der Waals surface area contributed by atoms with Crippen molar-refractivity contribution in [2.24, 2.45) is 0 Å². The summed E-state index contributed by atoms with van der Waals surface area (Å²) in [6, 6.07) is 1.56. The number of rotatable bonds is 5. The fourth-order valence-corrected chi connectivity index (χ4v) is 4.65. The molecule has 10 heteroatoms. The smallest absolute Gasteiger partial charge is 0.220 e. The van der Waals surface area contributed by atoms with E-state index < -0.39 is 10.0 Å². The first-order chi connectivity index (χ1) is 11.9. The lowest BCUT2D eigenvalue weighted by molar-refractivity contribution is 0.380. The zero-order chi connectivity index (χ0) is 18.0. The van der Waals surface area contributed by atoms with Crippen LogP contribution in [0.4, 0.5) is 5.82 Å². The van der Waals surface area contributed by atoms with Gasteiger partial charge in [0.2, 0.25) is 10.0 Å². The van der Waals surface area contributed by atoms with Gasteiger partial charge in [-0.1, -0.05) is 23.7 Å². The van der Waals surface area contributed by atoms with Gasteiger partial charge in [0.15, 0.2) is 0 Å². The van der Waals surface area contributed by atoms with E-state index in [0.717, 1.165) is 17.8 Å². The molecule has 2 aromatic rings. The minimum absolute atomic E-state index is 0.151. The Hall–Kier alpha value is -1.71. The molecule has 25 heavy (non-hydrogen) atoms. The van der Waals surface area contributed by atoms with Gasteiger partial charge >= 0.3 is 0 Å². The van der Waals surface area contributed by atoms with Crippen molar-refractivity contribution in [2.45, 2.75) is 26.0 Å². The van der Waals surface area contributed by atoms with Crippen LogP contribution in [0.25, 0.3) is 0 Å². The van der Waals surface area contributed by atoms with E-state index >= 15 is 0 Å². The molecule has 2 aromatic heterocycles. The molecule has 0 radical (unpaired) electrons. The number of hydrogen-bond donors (Lipinski definition) is 0. The van der Waals surface area contributed by atoms with Crippen LogP contribution in [0, 0.1) is 6.92 Å². The van der Waals surface area contributed by atoms with Crippen LogP contribution >= 0.6 is 11.6 Å². The fraction of sp³-hybridized carbons (Fsp3) is 0.533. The molecule has 0 N–H and O–H groups in total. The average Bonchev–Trinajstić information content (AvgIpc) is 3.06. The molecule has 3 heterocycles. The molecule has 0 aromatic carbocycles. The van der Waals surface area contributed by atoms with Gasteiger partial charge in [0.05, 0.1) is 5.69 Å². The van der Waals surface area contributed by atoms with Gasteiger partial charge in [-0.3, -0.25) is 0 Å². The minimum Gasteiger partial charge on any atom is -0.364 e. The van der Waals surface area contributed by atoms with Gasteiger partial charge < -0.3 is 9.42 Å². The molecule has 8 nitrogen and oxygen atoms in total. The number of aryl methyl sites for hydroxylation is 1. The highest BCUT2D eigenvalue weighted by Crippen LogP contribution is 2.26. The second-order valence-electron chi connectivity index (χ2n) is 5.85. The highest BCUT2D eigenvalue weighted by atomic mass is 35.5. The first-order valence-electron chi connectivity index (χ1n) is 8.05. The monoisotopic (exact) mass is 385 g/mol. The lowest BCUT2D eigenvalue weighted by Crippen LogP contribution is -2.49. The molecule has 136 valence electrons. The Labute approximate surface area is 151 Å². The van der Waals surface area contributed by atoms with Gasteiger partial charge in [-0.2, -0.15) is 4.31 Å². The maximum atomic E-state index is 12.5. The topological polar surface area (TPSA) is 92.4 Å². The quantitative estimate of drug-likeness (QED) is 0.722. The number of hydrogen-bond acceptors (Lipinski definition) is 7. The van der Waals surface area contributed by atoms with E-state index in [1.807, 2.05) is 6.92 Å². The number of piperazine rings is 1. The van der Waals surface area contributed by atoms with Crippen LogP contribution in [-0.2, 0) is 22.2 Å². The summed E-state index contributed by atoms with van der Waals surface area (Å²) < 4.78 is 31.2.